The van der Waals surface area contributed by atoms with Crippen LogP contribution in [-0.4, -0.2) is 36.6 Å². The van der Waals surface area contributed by atoms with Gasteiger partial charge in [-0.1, -0.05) is 15.9 Å². The summed E-state index contributed by atoms with van der Waals surface area (Å²) in [5, 5.41) is 0.863. The summed E-state index contributed by atoms with van der Waals surface area (Å²) in [6.45, 7) is 5.19. The standard InChI is InChI=1S/C18H20BrN3O3/c1-3-25-18(24)14-8-21-15-10(2)6-12(19)7-13(15)16(14)22-5-4-11(9-22)17(20)23/h6-8,11H,3-5,9H2,1-2H3,(H2,20,23)/t11-/m0/s1. The summed E-state index contributed by atoms with van der Waals surface area (Å²) in [5.74, 6) is -0.936. The van der Waals surface area contributed by atoms with Gasteiger partial charge in [-0.05, 0) is 38.0 Å². The van der Waals surface area contributed by atoms with Gasteiger partial charge in [-0.15, -0.1) is 0 Å². The molecule has 0 unspecified atom stereocenters. The van der Waals surface area contributed by atoms with E-state index in [1.165, 1.54) is 0 Å². The number of amides is 1. The summed E-state index contributed by atoms with van der Waals surface area (Å²) in [6.07, 6.45) is 2.24. The first-order valence-corrected chi connectivity index (χ1v) is 9.02. The molecular formula is C18H20BrN3O3. The maximum atomic E-state index is 12.5. The summed E-state index contributed by atoms with van der Waals surface area (Å²) in [6, 6.07) is 3.93. The van der Waals surface area contributed by atoms with Crippen LogP contribution in [0.5, 0.6) is 0 Å². The van der Waals surface area contributed by atoms with Gasteiger partial charge >= 0.3 is 5.97 Å². The van der Waals surface area contributed by atoms with Crippen molar-refractivity contribution < 1.29 is 14.3 Å². The number of halogens is 1. The molecule has 1 aliphatic heterocycles. The van der Waals surface area contributed by atoms with Gasteiger partial charge in [-0.25, -0.2) is 4.79 Å². The highest BCUT2D eigenvalue weighted by atomic mass is 79.9. The first-order valence-electron chi connectivity index (χ1n) is 8.22. The van der Waals surface area contributed by atoms with Crippen molar-refractivity contribution in [2.75, 3.05) is 24.6 Å². The Morgan fingerprint density at radius 1 is 1.44 bits per heavy atom. The molecule has 2 N–H and O–H groups in total. The number of fused-ring (bicyclic) bond motifs is 1. The van der Waals surface area contributed by atoms with Crippen molar-refractivity contribution in [3.8, 4) is 0 Å². The third kappa shape index (κ3) is 3.33. The number of carbonyl (C=O) groups is 2. The molecular weight excluding hydrogens is 386 g/mol. The number of esters is 1. The summed E-state index contributed by atoms with van der Waals surface area (Å²) in [4.78, 5) is 30.5. The number of nitrogens with two attached hydrogens (primary N) is 1. The van der Waals surface area contributed by atoms with Crippen LogP contribution in [0.4, 0.5) is 5.69 Å². The topological polar surface area (TPSA) is 85.5 Å². The van der Waals surface area contributed by atoms with E-state index in [0.717, 1.165) is 26.6 Å². The Balaban J connectivity index is 2.19. The maximum Gasteiger partial charge on any atom is 0.341 e. The number of benzene rings is 1. The number of nitrogens with zero attached hydrogens (tertiary/aromatic N) is 2. The minimum Gasteiger partial charge on any atom is -0.462 e. The number of aromatic nitrogens is 1. The van der Waals surface area contributed by atoms with Crippen molar-refractivity contribution in [2.24, 2.45) is 11.7 Å². The largest absolute Gasteiger partial charge is 0.462 e. The van der Waals surface area contributed by atoms with Crippen molar-refractivity contribution in [1.82, 2.24) is 4.98 Å². The van der Waals surface area contributed by atoms with Gasteiger partial charge < -0.3 is 15.4 Å². The molecule has 3 rings (SSSR count). The Morgan fingerprint density at radius 3 is 2.84 bits per heavy atom. The number of ether oxygens (including phenoxy) is 1. The van der Waals surface area contributed by atoms with Crippen molar-refractivity contribution in [2.45, 2.75) is 20.3 Å². The fourth-order valence-corrected chi connectivity index (χ4v) is 3.89. The Hall–Kier alpha value is -2.15. The van der Waals surface area contributed by atoms with E-state index in [0.29, 0.717) is 25.1 Å². The lowest BCUT2D eigenvalue weighted by Crippen LogP contribution is -2.28. The minimum absolute atomic E-state index is 0.216. The highest BCUT2D eigenvalue weighted by Gasteiger charge is 2.31. The number of rotatable bonds is 4. The molecule has 2 heterocycles. The SMILES string of the molecule is CCOC(=O)c1cnc2c(C)cc(Br)cc2c1N1CC[C@H](C(N)=O)C1. The molecule has 1 aromatic carbocycles. The van der Waals surface area contributed by atoms with Crippen LogP contribution in [0.3, 0.4) is 0 Å². The zero-order valence-corrected chi connectivity index (χ0v) is 15.8. The van der Waals surface area contributed by atoms with Gasteiger partial charge in [0.05, 0.1) is 23.7 Å². The van der Waals surface area contributed by atoms with E-state index in [2.05, 4.69) is 20.9 Å². The lowest BCUT2D eigenvalue weighted by Gasteiger charge is -2.23. The number of primary amides is 1. The summed E-state index contributed by atoms with van der Waals surface area (Å²) < 4.78 is 6.11. The number of hydrogen-bond donors (Lipinski definition) is 1. The van der Waals surface area contributed by atoms with Crippen LogP contribution >= 0.6 is 15.9 Å². The monoisotopic (exact) mass is 405 g/mol. The summed E-state index contributed by atoms with van der Waals surface area (Å²) >= 11 is 3.52. The van der Waals surface area contributed by atoms with Gasteiger partial charge in [0.25, 0.3) is 0 Å². The fourth-order valence-electron chi connectivity index (χ4n) is 3.32. The maximum absolute atomic E-state index is 12.5. The molecule has 25 heavy (non-hydrogen) atoms. The average Bonchev–Trinajstić information content (AvgIpc) is 3.03. The van der Waals surface area contributed by atoms with Crippen LogP contribution in [0.2, 0.25) is 0 Å². The van der Waals surface area contributed by atoms with Gasteiger partial charge in [0.15, 0.2) is 0 Å². The summed E-state index contributed by atoms with van der Waals surface area (Å²) in [5.41, 5.74) is 8.48. The lowest BCUT2D eigenvalue weighted by molar-refractivity contribution is -0.121. The molecule has 1 saturated heterocycles. The highest BCUT2D eigenvalue weighted by Crippen LogP contribution is 2.36. The molecule has 0 radical (unpaired) electrons. The van der Waals surface area contributed by atoms with Crippen LogP contribution in [0.15, 0.2) is 22.8 Å². The molecule has 0 bridgehead atoms. The Bertz CT molecular complexity index is 853. The number of carbonyl (C=O) groups excluding carboxylic acids is 2. The molecule has 0 saturated carbocycles. The highest BCUT2D eigenvalue weighted by molar-refractivity contribution is 9.10. The first kappa shape index (κ1) is 17.7. The molecule has 2 aromatic rings. The van der Waals surface area contributed by atoms with Crippen LogP contribution < -0.4 is 10.6 Å². The lowest BCUT2D eigenvalue weighted by atomic mass is 10.0. The first-order chi connectivity index (χ1) is 11.9. The molecule has 1 amide bonds. The number of anilines is 1. The quantitative estimate of drug-likeness (QED) is 0.790. The predicted molar refractivity (Wildman–Crippen MR) is 99.7 cm³/mol. The van der Waals surface area contributed by atoms with E-state index in [1.54, 1.807) is 13.1 Å². The van der Waals surface area contributed by atoms with E-state index < -0.39 is 5.97 Å². The van der Waals surface area contributed by atoms with Crippen molar-refractivity contribution in [1.29, 1.82) is 0 Å². The minimum atomic E-state index is -0.410. The molecule has 1 atom stereocenters. The molecule has 132 valence electrons. The van der Waals surface area contributed by atoms with Gasteiger partial charge in [0, 0.05) is 29.1 Å². The zero-order valence-electron chi connectivity index (χ0n) is 14.2. The zero-order chi connectivity index (χ0) is 18.1. The molecule has 0 spiro atoms. The van der Waals surface area contributed by atoms with E-state index in [1.807, 2.05) is 24.0 Å². The predicted octanol–water partition coefficient (Wildman–Crippen LogP) is 2.79. The van der Waals surface area contributed by atoms with Crippen LogP contribution in [-0.2, 0) is 9.53 Å². The molecule has 1 aliphatic rings. The normalized spacial score (nSPS) is 17.1. The Morgan fingerprint density at radius 2 is 2.20 bits per heavy atom. The average molecular weight is 406 g/mol. The Labute approximate surface area is 154 Å². The fraction of sp³-hybridized carbons (Fsp3) is 0.389. The van der Waals surface area contributed by atoms with E-state index in [-0.39, 0.29) is 18.4 Å². The summed E-state index contributed by atoms with van der Waals surface area (Å²) in [7, 11) is 0. The van der Waals surface area contributed by atoms with Crippen molar-refractivity contribution in [3.05, 3.63) is 33.9 Å². The Kier molecular flexibility index (Phi) is 4.94. The smallest absolute Gasteiger partial charge is 0.341 e. The van der Waals surface area contributed by atoms with Crippen LogP contribution in [0.1, 0.15) is 29.3 Å². The van der Waals surface area contributed by atoms with Crippen molar-refractivity contribution in [3.63, 3.8) is 0 Å². The van der Waals surface area contributed by atoms with E-state index in [4.69, 9.17) is 10.5 Å². The number of hydrogen-bond acceptors (Lipinski definition) is 5. The van der Waals surface area contributed by atoms with E-state index in [9.17, 15) is 9.59 Å². The number of aryl methyl sites for hydroxylation is 1. The molecule has 7 heteroatoms. The van der Waals surface area contributed by atoms with Gasteiger partial charge in [-0.3, -0.25) is 9.78 Å². The third-order valence-electron chi connectivity index (χ3n) is 4.50. The van der Waals surface area contributed by atoms with Crippen LogP contribution in [0, 0.1) is 12.8 Å². The van der Waals surface area contributed by atoms with Gasteiger partial charge in [0.2, 0.25) is 5.91 Å². The molecule has 6 nitrogen and oxygen atoms in total. The second kappa shape index (κ2) is 7.00. The van der Waals surface area contributed by atoms with Crippen LogP contribution in [0.25, 0.3) is 10.9 Å². The molecule has 0 aliphatic carbocycles. The third-order valence-corrected chi connectivity index (χ3v) is 4.96. The second-order valence-electron chi connectivity index (χ2n) is 6.19. The molecule has 1 fully saturated rings. The van der Waals surface area contributed by atoms with Crippen molar-refractivity contribution >= 4 is 44.4 Å². The van der Waals surface area contributed by atoms with Gasteiger partial charge in [-0.2, -0.15) is 0 Å². The van der Waals surface area contributed by atoms with E-state index >= 15 is 0 Å². The number of pyridine rings is 1. The molecule has 1 aromatic heterocycles. The van der Waals surface area contributed by atoms with Gasteiger partial charge in [0.1, 0.15) is 5.56 Å². The second-order valence-corrected chi connectivity index (χ2v) is 7.11.